The number of anilines is 1. The van der Waals surface area contributed by atoms with Gasteiger partial charge >= 0.3 is 12.3 Å². The highest BCUT2D eigenvalue weighted by Gasteiger charge is 2.34. The van der Waals surface area contributed by atoms with E-state index in [-0.39, 0.29) is 5.91 Å². The van der Waals surface area contributed by atoms with Crippen LogP contribution in [0.1, 0.15) is 38.0 Å². The number of hydrogen-bond acceptors (Lipinski definition) is 4. The molecular weight excluding hydrogens is 435 g/mol. The highest BCUT2D eigenvalue weighted by atomic mass is 19.4. The van der Waals surface area contributed by atoms with Gasteiger partial charge in [0.15, 0.2) is 0 Å². The molecule has 6 nitrogen and oxygen atoms in total. The first-order chi connectivity index (χ1) is 15.4. The van der Waals surface area contributed by atoms with E-state index in [1.165, 1.54) is 6.07 Å². The van der Waals surface area contributed by atoms with E-state index in [4.69, 9.17) is 4.74 Å². The Morgan fingerprint density at radius 1 is 0.939 bits per heavy atom. The molecule has 1 atom stereocenters. The molecular formula is C24H28F3N3O3. The van der Waals surface area contributed by atoms with Crippen LogP contribution in [0.3, 0.4) is 0 Å². The van der Waals surface area contributed by atoms with Crippen LogP contribution < -0.4 is 10.2 Å². The molecule has 178 valence electrons. The van der Waals surface area contributed by atoms with Crippen molar-refractivity contribution in [2.45, 2.75) is 38.6 Å². The fourth-order valence-electron chi connectivity index (χ4n) is 3.56. The molecule has 1 fully saturated rings. The van der Waals surface area contributed by atoms with E-state index in [2.05, 4.69) is 5.32 Å². The number of carbonyl (C=O) groups is 2. The molecule has 1 saturated heterocycles. The smallest absolute Gasteiger partial charge is 0.416 e. The molecule has 1 aliphatic heterocycles. The Balaban J connectivity index is 1.70. The summed E-state index contributed by atoms with van der Waals surface area (Å²) in [5, 5.41) is 2.69. The van der Waals surface area contributed by atoms with Gasteiger partial charge in [0.2, 0.25) is 6.10 Å². The molecule has 2 aromatic carbocycles. The lowest BCUT2D eigenvalue weighted by Crippen LogP contribution is -2.51. The van der Waals surface area contributed by atoms with Gasteiger partial charge in [0.1, 0.15) is 0 Å². The molecule has 1 aliphatic rings. The highest BCUT2D eigenvalue weighted by Crippen LogP contribution is 2.32. The van der Waals surface area contributed by atoms with Crippen molar-refractivity contribution in [2.75, 3.05) is 31.1 Å². The SMILES string of the molecule is CC(C)(C)NC(=O)O[C@@H](C(=O)N1CCN(c2cccc(C(F)(F)F)c2)CC1)c1ccccc1. The van der Waals surface area contributed by atoms with Gasteiger partial charge in [-0.25, -0.2) is 4.79 Å². The van der Waals surface area contributed by atoms with Crippen LogP contribution in [0, 0.1) is 0 Å². The minimum absolute atomic E-state index is 0.294. The Hall–Kier alpha value is -3.23. The first-order valence-electron chi connectivity index (χ1n) is 10.7. The molecule has 0 bridgehead atoms. The maximum Gasteiger partial charge on any atom is 0.416 e. The summed E-state index contributed by atoms with van der Waals surface area (Å²) in [7, 11) is 0. The number of halogens is 3. The van der Waals surface area contributed by atoms with Gasteiger partial charge in [-0.05, 0) is 39.0 Å². The lowest BCUT2D eigenvalue weighted by atomic mass is 10.1. The van der Waals surface area contributed by atoms with Crippen molar-refractivity contribution in [1.82, 2.24) is 10.2 Å². The second-order valence-electron chi connectivity index (χ2n) is 8.93. The molecule has 0 unspecified atom stereocenters. The van der Waals surface area contributed by atoms with Gasteiger partial charge in [-0.15, -0.1) is 0 Å². The molecule has 1 N–H and O–H groups in total. The number of nitrogens with one attached hydrogen (secondary N) is 1. The predicted octanol–water partition coefficient (Wildman–Crippen LogP) is 4.62. The summed E-state index contributed by atoms with van der Waals surface area (Å²) in [6.45, 7) is 6.73. The zero-order valence-electron chi connectivity index (χ0n) is 18.9. The summed E-state index contributed by atoms with van der Waals surface area (Å²) in [5.41, 5.74) is -0.233. The van der Waals surface area contributed by atoms with Crippen molar-refractivity contribution in [3.8, 4) is 0 Å². The van der Waals surface area contributed by atoms with Crippen LogP contribution in [0.25, 0.3) is 0 Å². The van der Waals surface area contributed by atoms with Gasteiger partial charge in [0, 0.05) is 43.0 Å². The normalized spacial score (nSPS) is 15.7. The quantitative estimate of drug-likeness (QED) is 0.719. The molecule has 33 heavy (non-hydrogen) atoms. The molecule has 0 aliphatic carbocycles. The maximum atomic E-state index is 13.3. The number of ether oxygens (including phenoxy) is 1. The Labute approximate surface area is 191 Å². The average molecular weight is 464 g/mol. The summed E-state index contributed by atoms with van der Waals surface area (Å²) in [5.74, 6) is -0.367. The van der Waals surface area contributed by atoms with Gasteiger partial charge in [0.05, 0.1) is 5.56 Å². The third-order valence-electron chi connectivity index (χ3n) is 5.16. The first-order valence-corrected chi connectivity index (χ1v) is 10.7. The van der Waals surface area contributed by atoms with Gasteiger partial charge in [-0.3, -0.25) is 4.79 Å². The topological polar surface area (TPSA) is 61.9 Å². The van der Waals surface area contributed by atoms with Crippen LogP contribution in [0.2, 0.25) is 0 Å². The van der Waals surface area contributed by atoms with Crippen molar-refractivity contribution in [2.24, 2.45) is 0 Å². The lowest BCUT2D eigenvalue weighted by Gasteiger charge is -2.37. The number of carbonyl (C=O) groups excluding carboxylic acids is 2. The van der Waals surface area contributed by atoms with Crippen LogP contribution in [-0.2, 0) is 15.7 Å². The zero-order valence-corrected chi connectivity index (χ0v) is 18.9. The summed E-state index contributed by atoms with van der Waals surface area (Å²) >= 11 is 0. The monoisotopic (exact) mass is 463 g/mol. The number of amides is 2. The Morgan fingerprint density at radius 3 is 2.15 bits per heavy atom. The third-order valence-corrected chi connectivity index (χ3v) is 5.16. The van der Waals surface area contributed by atoms with E-state index in [0.29, 0.717) is 37.4 Å². The Morgan fingerprint density at radius 2 is 1.58 bits per heavy atom. The van der Waals surface area contributed by atoms with Gasteiger partial charge < -0.3 is 19.9 Å². The van der Waals surface area contributed by atoms with Crippen LogP contribution >= 0.6 is 0 Å². The van der Waals surface area contributed by atoms with E-state index in [1.54, 1.807) is 62.1 Å². The number of rotatable bonds is 4. The number of nitrogens with zero attached hydrogens (tertiary/aromatic N) is 2. The summed E-state index contributed by atoms with van der Waals surface area (Å²) in [4.78, 5) is 29.0. The molecule has 9 heteroatoms. The minimum Gasteiger partial charge on any atom is -0.431 e. The highest BCUT2D eigenvalue weighted by molar-refractivity contribution is 5.85. The average Bonchev–Trinajstić information content (AvgIpc) is 2.76. The van der Waals surface area contributed by atoms with Crippen molar-refractivity contribution in [3.05, 3.63) is 65.7 Å². The fourth-order valence-corrected chi connectivity index (χ4v) is 3.56. The fraction of sp³-hybridized carbons (Fsp3) is 0.417. The molecule has 3 rings (SSSR count). The number of piperazine rings is 1. The van der Waals surface area contributed by atoms with Gasteiger partial charge in [0.25, 0.3) is 5.91 Å². The largest absolute Gasteiger partial charge is 0.431 e. The summed E-state index contributed by atoms with van der Waals surface area (Å²) in [6, 6.07) is 13.9. The number of alkyl carbamates (subject to hydrolysis) is 1. The molecule has 0 saturated carbocycles. The molecule has 1 heterocycles. The molecule has 2 aromatic rings. The van der Waals surface area contributed by atoms with Crippen molar-refractivity contribution < 1.29 is 27.5 Å². The number of benzene rings is 2. The van der Waals surface area contributed by atoms with Crippen LogP contribution in [0.5, 0.6) is 0 Å². The van der Waals surface area contributed by atoms with Gasteiger partial charge in [-0.1, -0.05) is 36.4 Å². The lowest BCUT2D eigenvalue weighted by molar-refractivity contribution is -0.141. The van der Waals surface area contributed by atoms with Crippen LogP contribution in [-0.4, -0.2) is 48.6 Å². The summed E-state index contributed by atoms with van der Waals surface area (Å²) < 4.78 is 44.6. The van der Waals surface area contributed by atoms with E-state index in [9.17, 15) is 22.8 Å². The first kappa shape index (κ1) is 24.4. The summed E-state index contributed by atoms with van der Waals surface area (Å²) in [6.07, 6.45) is -6.23. The maximum absolute atomic E-state index is 13.3. The molecule has 0 aromatic heterocycles. The van der Waals surface area contributed by atoms with E-state index >= 15 is 0 Å². The van der Waals surface area contributed by atoms with Crippen LogP contribution in [0.15, 0.2) is 54.6 Å². The van der Waals surface area contributed by atoms with E-state index < -0.39 is 29.5 Å². The number of hydrogen-bond donors (Lipinski definition) is 1. The molecule has 0 spiro atoms. The van der Waals surface area contributed by atoms with Crippen molar-refractivity contribution >= 4 is 17.7 Å². The number of alkyl halides is 3. The standard InChI is InChI=1S/C24H28F3N3O3/c1-23(2,3)28-22(32)33-20(17-8-5-4-6-9-17)21(31)30-14-12-29(13-15-30)19-11-7-10-18(16-19)24(25,26)27/h4-11,16,20H,12-15H2,1-3H3,(H,28,32)/t20-/m1/s1. The van der Waals surface area contributed by atoms with Crippen LogP contribution in [0.4, 0.5) is 23.7 Å². The van der Waals surface area contributed by atoms with E-state index in [0.717, 1.165) is 12.1 Å². The Bertz CT molecular complexity index is 966. The second kappa shape index (κ2) is 9.72. The predicted molar refractivity (Wildman–Crippen MR) is 119 cm³/mol. The van der Waals surface area contributed by atoms with E-state index in [1.807, 2.05) is 4.90 Å². The zero-order chi connectivity index (χ0) is 24.2. The molecule has 2 amide bonds. The van der Waals surface area contributed by atoms with Crippen molar-refractivity contribution in [3.63, 3.8) is 0 Å². The third kappa shape index (κ3) is 6.63. The second-order valence-corrected chi connectivity index (χ2v) is 8.93. The Kier molecular flexibility index (Phi) is 7.19. The molecule has 0 radical (unpaired) electrons. The van der Waals surface area contributed by atoms with Gasteiger partial charge in [-0.2, -0.15) is 13.2 Å². The van der Waals surface area contributed by atoms with Crippen molar-refractivity contribution in [1.29, 1.82) is 0 Å². The minimum atomic E-state index is -4.42.